The van der Waals surface area contributed by atoms with Gasteiger partial charge < -0.3 is 4.98 Å². The van der Waals surface area contributed by atoms with Crippen molar-refractivity contribution in [2.45, 2.75) is 19.3 Å². The molecule has 0 spiro atoms. The molecule has 3 rings (SSSR count). The molecule has 22 heavy (non-hydrogen) atoms. The summed E-state index contributed by atoms with van der Waals surface area (Å²) in [5.74, 6) is -0.0920. The van der Waals surface area contributed by atoms with Gasteiger partial charge in [0, 0.05) is 18.8 Å². The summed E-state index contributed by atoms with van der Waals surface area (Å²) in [7, 11) is 0. The number of hydrogen-bond acceptors (Lipinski definition) is 5. The van der Waals surface area contributed by atoms with Crippen molar-refractivity contribution in [2.75, 3.05) is 5.32 Å². The first-order chi connectivity index (χ1) is 10.7. The molecular formula is C14H14N6O2. The summed E-state index contributed by atoms with van der Waals surface area (Å²) in [5, 5.41) is 2.58. The summed E-state index contributed by atoms with van der Waals surface area (Å²) in [6, 6.07) is 3.84. The Kier molecular flexibility index (Phi) is 3.90. The fourth-order valence-corrected chi connectivity index (χ4v) is 2.10. The van der Waals surface area contributed by atoms with Gasteiger partial charge in [0.15, 0.2) is 11.2 Å². The number of imidazole rings is 1. The third-order valence-electron chi connectivity index (χ3n) is 3.17. The van der Waals surface area contributed by atoms with Crippen molar-refractivity contribution in [1.29, 1.82) is 0 Å². The van der Waals surface area contributed by atoms with Crippen LogP contribution in [0.5, 0.6) is 0 Å². The summed E-state index contributed by atoms with van der Waals surface area (Å²) in [5.41, 5.74) is 1.33. The lowest BCUT2D eigenvalue weighted by atomic mass is 10.1. The zero-order chi connectivity index (χ0) is 15.4. The van der Waals surface area contributed by atoms with Crippen molar-refractivity contribution in [3.8, 4) is 0 Å². The molecule has 3 aromatic heterocycles. The highest BCUT2D eigenvalue weighted by Gasteiger charge is 2.08. The Morgan fingerprint density at radius 2 is 2.09 bits per heavy atom. The Morgan fingerprint density at radius 3 is 2.91 bits per heavy atom. The molecule has 0 bridgehead atoms. The van der Waals surface area contributed by atoms with Crippen LogP contribution in [-0.2, 0) is 11.2 Å². The first-order valence-electron chi connectivity index (χ1n) is 6.84. The van der Waals surface area contributed by atoms with Crippen LogP contribution in [0.1, 0.15) is 18.4 Å². The summed E-state index contributed by atoms with van der Waals surface area (Å²) in [4.78, 5) is 40.7. The third kappa shape index (κ3) is 3.17. The minimum absolute atomic E-state index is 0.110. The number of rotatable bonds is 5. The van der Waals surface area contributed by atoms with E-state index in [0.717, 1.165) is 12.0 Å². The fourth-order valence-electron chi connectivity index (χ4n) is 2.10. The molecule has 3 heterocycles. The number of carbonyl (C=O) groups is 1. The predicted octanol–water partition coefficient (Wildman–Crippen LogP) is 1.00. The first-order valence-corrected chi connectivity index (χ1v) is 6.84. The quantitative estimate of drug-likeness (QED) is 0.649. The first kappa shape index (κ1) is 13.9. The van der Waals surface area contributed by atoms with Gasteiger partial charge in [-0.1, -0.05) is 0 Å². The minimum Gasteiger partial charge on any atom is -0.339 e. The van der Waals surface area contributed by atoms with Gasteiger partial charge in [0.25, 0.3) is 5.56 Å². The van der Waals surface area contributed by atoms with Gasteiger partial charge in [0.05, 0.1) is 6.33 Å². The van der Waals surface area contributed by atoms with Crippen LogP contribution < -0.4 is 10.9 Å². The van der Waals surface area contributed by atoms with Crippen LogP contribution in [-0.4, -0.2) is 30.8 Å². The molecule has 0 aliphatic heterocycles. The topological polar surface area (TPSA) is 116 Å². The number of anilines is 1. The molecule has 0 atom stereocenters. The van der Waals surface area contributed by atoms with E-state index < -0.39 is 0 Å². The van der Waals surface area contributed by atoms with Gasteiger partial charge >= 0.3 is 0 Å². The number of pyridine rings is 1. The highest BCUT2D eigenvalue weighted by molar-refractivity contribution is 5.89. The van der Waals surface area contributed by atoms with Crippen LogP contribution >= 0.6 is 0 Å². The standard InChI is InChI=1S/C14H14N6O2/c21-10(3-1-2-9-4-6-15-7-5-9)18-14-19-12-11(13(22)20-14)16-8-17-12/h4-8H,1-3H2,(H3,16,17,18,19,20,21,22). The number of aryl methyl sites for hydroxylation is 1. The molecule has 0 fully saturated rings. The van der Waals surface area contributed by atoms with E-state index in [1.807, 2.05) is 12.1 Å². The number of aromatic amines is 2. The summed E-state index contributed by atoms with van der Waals surface area (Å²) in [6.45, 7) is 0. The Labute approximate surface area is 125 Å². The van der Waals surface area contributed by atoms with E-state index in [9.17, 15) is 9.59 Å². The van der Waals surface area contributed by atoms with Crippen molar-refractivity contribution < 1.29 is 4.79 Å². The summed E-state index contributed by atoms with van der Waals surface area (Å²) < 4.78 is 0. The predicted molar refractivity (Wildman–Crippen MR) is 80.3 cm³/mol. The smallest absolute Gasteiger partial charge is 0.278 e. The van der Waals surface area contributed by atoms with Crippen molar-refractivity contribution in [2.24, 2.45) is 0 Å². The van der Waals surface area contributed by atoms with Crippen LogP contribution in [0.25, 0.3) is 11.2 Å². The van der Waals surface area contributed by atoms with Crippen LogP contribution in [0.3, 0.4) is 0 Å². The van der Waals surface area contributed by atoms with Crippen LogP contribution in [0.15, 0.2) is 35.6 Å². The second-order valence-electron chi connectivity index (χ2n) is 4.77. The lowest BCUT2D eigenvalue weighted by Gasteiger charge is -2.04. The van der Waals surface area contributed by atoms with E-state index in [1.165, 1.54) is 6.33 Å². The lowest BCUT2D eigenvalue weighted by Crippen LogP contribution is -2.18. The van der Waals surface area contributed by atoms with E-state index >= 15 is 0 Å². The van der Waals surface area contributed by atoms with Crippen molar-refractivity contribution in [1.82, 2.24) is 24.9 Å². The molecule has 0 aliphatic rings. The minimum atomic E-state index is -0.366. The van der Waals surface area contributed by atoms with Crippen LogP contribution in [0.4, 0.5) is 5.95 Å². The average molecular weight is 298 g/mol. The molecule has 8 nitrogen and oxygen atoms in total. The van der Waals surface area contributed by atoms with Gasteiger partial charge in [-0.05, 0) is 30.5 Å². The lowest BCUT2D eigenvalue weighted by molar-refractivity contribution is -0.116. The van der Waals surface area contributed by atoms with E-state index in [0.29, 0.717) is 12.8 Å². The van der Waals surface area contributed by atoms with E-state index in [4.69, 9.17) is 0 Å². The normalized spacial score (nSPS) is 10.7. The third-order valence-corrected chi connectivity index (χ3v) is 3.17. The van der Waals surface area contributed by atoms with Gasteiger partial charge in [-0.25, -0.2) is 4.98 Å². The highest BCUT2D eigenvalue weighted by Crippen LogP contribution is 2.06. The number of nitrogens with one attached hydrogen (secondary N) is 3. The Hall–Kier alpha value is -3.03. The molecule has 0 unspecified atom stereocenters. The van der Waals surface area contributed by atoms with E-state index in [2.05, 4.69) is 30.2 Å². The molecule has 0 aliphatic carbocycles. The molecule has 3 aromatic rings. The Morgan fingerprint density at radius 1 is 1.27 bits per heavy atom. The Balaban J connectivity index is 1.57. The summed E-state index contributed by atoms with van der Waals surface area (Å²) in [6.07, 6.45) is 6.66. The molecule has 0 saturated carbocycles. The molecule has 112 valence electrons. The molecule has 8 heteroatoms. The number of amides is 1. The molecule has 3 N–H and O–H groups in total. The van der Waals surface area contributed by atoms with Gasteiger partial charge in [0.2, 0.25) is 11.9 Å². The largest absolute Gasteiger partial charge is 0.339 e. The Bertz CT molecular complexity index is 839. The number of aromatic nitrogens is 5. The summed E-state index contributed by atoms with van der Waals surface area (Å²) >= 11 is 0. The van der Waals surface area contributed by atoms with Crippen molar-refractivity contribution >= 4 is 23.0 Å². The maximum absolute atomic E-state index is 11.9. The number of fused-ring (bicyclic) bond motifs is 1. The monoisotopic (exact) mass is 298 g/mol. The van der Waals surface area contributed by atoms with Crippen LogP contribution in [0.2, 0.25) is 0 Å². The molecule has 0 saturated heterocycles. The number of H-pyrrole nitrogens is 2. The number of carbonyl (C=O) groups excluding carboxylic acids is 1. The molecule has 0 aromatic carbocycles. The zero-order valence-corrected chi connectivity index (χ0v) is 11.7. The van der Waals surface area contributed by atoms with Crippen LogP contribution in [0, 0.1) is 0 Å². The van der Waals surface area contributed by atoms with Gasteiger partial charge in [-0.3, -0.25) is 24.9 Å². The average Bonchev–Trinajstić information content (AvgIpc) is 2.97. The maximum atomic E-state index is 11.9. The van der Waals surface area contributed by atoms with Gasteiger partial charge in [0.1, 0.15) is 0 Å². The SMILES string of the molecule is O=C(CCCc1ccncc1)Nc1nc2nc[nH]c2c(=O)[nH]1. The second kappa shape index (κ2) is 6.17. The zero-order valence-electron chi connectivity index (χ0n) is 11.7. The number of nitrogens with zero attached hydrogens (tertiary/aromatic N) is 3. The fraction of sp³-hybridized carbons (Fsp3) is 0.214. The van der Waals surface area contributed by atoms with E-state index in [-0.39, 0.29) is 28.6 Å². The van der Waals surface area contributed by atoms with Crippen molar-refractivity contribution in [3.63, 3.8) is 0 Å². The molecular weight excluding hydrogens is 284 g/mol. The maximum Gasteiger partial charge on any atom is 0.278 e. The van der Waals surface area contributed by atoms with Gasteiger partial charge in [-0.15, -0.1) is 0 Å². The van der Waals surface area contributed by atoms with Gasteiger partial charge in [-0.2, -0.15) is 4.98 Å². The molecule has 0 radical (unpaired) electrons. The molecule has 1 amide bonds. The van der Waals surface area contributed by atoms with E-state index in [1.54, 1.807) is 12.4 Å². The highest BCUT2D eigenvalue weighted by atomic mass is 16.2. The van der Waals surface area contributed by atoms with Crippen molar-refractivity contribution in [3.05, 3.63) is 46.8 Å². The number of hydrogen-bond donors (Lipinski definition) is 3. The second-order valence-corrected chi connectivity index (χ2v) is 4.77.